The fourth-order valence-corrected chi connectivity index (χ4v) is 3.01. The van der Waals surface area contributed by atoms with Gasteiger partial charge in [-0.3, -0.25) is 4.99 Å². The Kier molecular flexibility index (Phi) is 9.28. The molecule has 1 unspecified atom stereocenters. The quantitative estimate of drug-likeness (QED) is 0.379. The van der Waals surface area contributed by atoms with Crippen molar-refractivity contribution in [3.05, 3.63) is 29.3 Å². The molecule has 0 aromatic heterocycles. The number of guanidine groups is 1. The molecule has 146 valence electrons. The van der Waals surface area contributed by atoms with Crippen LogP contribution >= 0.6 is 0 Å². The van der Waals surface area contributed by atoms with Crippen molar-refractivity contribution in [3.8, 4) is 5.75 Å². The molecular weight excluding hydrogens is 330 g/mol. The molecule has 2 N–H and O–H groups in total. The van der Waals surface area contributed by atoms with Crippen LogP contribution in [0.5, 0.6) is 5.75 Å². The van der Waals surface area contributed by atoms with E-state index < -0.39 is 0 Å². The van der Waals surface area contributed by atoms with Crippen LogP contribution < -0.4 is 15.4 Å². The first kappa shape index (κ1) is 20.5. The molecule has 0 aliphatic carbocycles. The van der Waals surface area contributed by atoms with Gasteiger partial charge in [0.2, 0.25) is 0 Å². The number of benzene rings is 1. The molecule has 0 radical (unpaired) electrons. The third kappa shape index (κ3) is 7.22. The van der Waals surface area contributed by atoms with Crippen LogP contribution in [-0.4, -0.2) is 59.1 Å². The molecule has 26 heavy (non-hydrogen) atoms. The minimum absolute atomic E-state index is 0.302. The highest BCUT2D eigenvalue weighted by molar-refractivity contribution is 5.79. The number of methoxy groups -OCH3 is 1. The Morgan fingerprint density at radius 2 is 2.15 bits per heavy atom. The first-order valence-corrected chi connectivity index (χ1v) is 9.50. The van der Waals surface area contributed by atoms with Gasteiger partial charge in [-0.05, 0) is 44.2 Å². The highest BCUT2D eigenvalue weighted by Crippen LogP contribution is 2.19. The Balaban J connectivity index is 1.58. The number of aryl methyl sites for hydroxylation is 1. The van der Waals surface area contributed by atoms with Gasteiger partial charge >= 0.3 is 0 Å². The minimum Gasteiger partial charge on any atom is -0.496 e. The van der Waals surface area contributed by atoms with Crippen molar-refractivity contribution >= 4 is 5.96 Å². The van der Waals surface area contributed by atoms with Gasteiger partial charge in [-0.1, -0.05) is 17.7 Å². The van der Waals surface area contributed by atoms with Crippen molar-refractivity contribution in [2.45, 2.75) is 38.7 Å². The van der Waals surface area contributed by atoms with Crippen LogP contribution in [0.4, 0.5) is 0 Å². The van der Waals surface area contributed by atoms with Crippen LogP contribution in [-0.2, 0) is 15.9 Å². The molecule has 1 heterocycles. The molecule has 0 spiro atoms. The molecular formula is C20H33N3O3. The summed E-state index contributed by atoms with van der Waals surface area (Å²) in [6.45, 7) is 6.06. The second-order valence-electron chi connectivity index (χ2n) is 6.55. The van der Waals surface area contributed by atoms with E-state index in [9.17, 15) is 0 Å². The summed E-state index contributed by atoms with van der Waals surface area (Å²) in [6.07, 6.45) is 4.41. The molecule has 2 rings (SSSR count). The smallest absolute Gasteiger partial charge is 0.190 e. The van der Waals surface area contributed by atoms with Crippen LogP contribution in [0.15, 0.2) is 23.2 Å². The number of aliphatic imine (C=N–C) groups is 1. The maximum atomic E-state index is 5.67. The normalized spacial score (nSPS) is 17.3. The van der Waals surface area contributed by atoms with Crippen LogP contribution in [0.2, 0.25) is 0 Å². The Hall–Kier alpha value is -1.79. The molecule has 1 saturated heterocycles. The molecule has 0 amide bonds. The fraction of sp³-hybridized carbons (Fsp3) is 0.650. The predicted octanol–water partition coefficient (Wildman–Crippen LogP) is 2.30. The molecule has 0 bridgehead atoms. The van der Waals surface area contributed by atoms with Gasteiger partial charge in [0.05, 0.1) is 19.8 Å². The van der Waals surface area contributed by atoms with Crippen LogP contribution in [0, 0.1) is 6.92 Å². The zero-order valence-corrected chi connectivity index (χ0v) is 16.3. The molecule has 1 aliphatic rings. The lowest BCUT2D eigenvalue weighted by molar-refractivity contribution is 0.0168. The topological polar surface area (TPSA) is 64.1 Å². The first-order chi connectivity index (χ1) is 12.7. The lowest BCUT2D eigenvalue weighted by atomic mass is 10.1. The number of hydrogen-bond acceptors (Lipinski definition) is 4. The maximum absolute atomic E-state index is 5.67. The van der Waals surface area contributed by atoms with Gasteiger partial charge in [0.1, 0.15) is 5.75 Å². The van der Waals surface area contributed by atoms with Crippen molar-refractivity contribution in [1.82, 2.24) is 10.6 Å². The van der Waals surface area contributed by atoms with Crippen molar-refractivity contribution in [2.75, 3.05) is 47.1 Å². The van der Waals surface area contributed by atoms with Gasteiger partial charge in [0.25, 0.3) is 0 Å². The number of ether oxygens (including phenoxy) is 3. The monoisotopic (exact) mass is 363 g/mol. The number of hydrogen-bond donors (Lipinski definition) is 2. The highest BCUT2D eigenvalue weighted by Gasteiger charge is 2.14. The van der Waals surface area contributed by atoms with Crippen molar-refractivity contribution in [2.24, 2.45) is 4.99 Å². The average molecular weight is 364 g/mol. The second-order valence-corrected chi connectivity index (χ2v) is 6.55. The Morgan fingerprint density at radius 1 is 1.31 bits per heavy atom. The molecule has 1 aromatic carbocycles. The van der Waals surface area contributed by atoms with Crippen molar-refractivity contribution in [3.63, 3.8) is 0 Å². The van der Waals surface area contributed by atoms with Gasteiger partial charge in [-0.25, -0.2) is 0 Å². The van der Waals surface area contributed by atoms with E-state index in [0.717, 1.165) is 63.7 Å². The van der Waals surface area contributed by atoms with Gasteiger partial charge in [-0.15, -0.1) is 0 Å². The van der Waals surface area contributed by atoms with E-state index >= 15 is 0 Å². The summed E-state index contributed by atoms with van der Waals surface area (Å²) in [5.41, 5.74) is 2.45. The fourth-order valence-electron chi connectivity index (χ4n) is 3.01. The molecule has 6 heteroatoms. The van der Waals surface area contributed by atoms with Gasteiger partial charge in [0, 0.05) is 33.4 Å². The predicted molar refractivity (Wildman–Crippen MR) is 105 cm³/mol. The van der Waals surface area contributed by atoms with E-state index in [2.05, 4.69) is 34.7 Å². The lowest BCUT2D eigenvalue weighted by Crippen LogP contribution is -2.39. The summed E-state index contributed by atoms with van der Waals surface area (Å²) in [4.78, 5) is 4.26. The lowest BCUT2D eigenvalue weighted by Gasteiger charge is -2.14. The van der Waals surface area contributed by atoms with E-state index in [-0.39, 0.29) is 0 Å². The van der Waals surface area contributed by atoms with E-state index in [4.69, 9.17) is 14.2 Å². The van der Waals surface area contributed by atoms with E-state index in [1.54, 1.807) is 14.2 Å². The Morgan fingerprint density at radius 3 is 2.88 bits per heavy atom. The first-order valence-electron chi connectivity index (χ1n) is 9.50. The summed E-state index contributed by atoms with van der Waals surface area (Å²) in [5.74, 6) is 1.75. The number of nitrogens with one attached hydrogen (secondary N) is 2. The molecule has 0 saturated carbocycles. The van der Waals surface area contributed by atoms with E-state index in [0.29, 0.717) is 12.7 Å². The van der Waals surface area contributed by atoms with Gasteiger partial charge in [-0.2, -0.15) is 0 Å². The maximum Gasteiger partial charge on any atom is 0.190 e. The Bertz CT molecular complexity index is 557. The molecule has 1 aliphatic heterocycles. The van der Waals surface area contributed by atoms with Crippen LogP contribution in [0.25, 0.3) is 0 Å². The standard InChI is InChI=1S/C20H33N3O3/c1-16-7-8-19(24-3)17(14-16)9-11-23-20(21-2)22-10-5-12-25-15-18-6-4-13-26-18/h7-8,14,18H,4-6,9-13,15H2,1-3H3,(H2,21,22,23). The summed E-state index contributed by atoms with van der Waals surface area (Å²) in [5, 5.41) is 6.67. The summed E-state index contributed by atoms with van der Waals surface area (Å²) < 4.78 is 16.6. The molecule has 6 nitrogen and oxygen atoms in total. The largest absolute Gasteiger partial charge is 0.496 e. The summed E-state index contributed by atoms with van der Waals surface area (Å²) >= 11 is 0. The van der Waals surface area contributed by atoms with E-state index in [1.807, 2.05) is 6.07 Å². The third-order valence-electron chi connectivity index (χ3n) is 4.43. The van der Waals surface area contributed by atoms with Gasteiger partial charge in [0.15, 0.2) is 5.96 Å². The Labute approximate surface area is 157 Å². The second kappa shape index (κ2) is 11.8. The zero-order valence-electron chi connectivity index (χ0n) is 16.3. The van der Waals surface area contributed by atoms with Crippen molar-refractivity contribution < 1.29 is 14.2 Å². The number of rotatable bonds is 10. The molecule has 1 aromatic rings. The van der Waals surface area contributed by atoms with Crippen LogP contribution in [0.1, 0.15) is 30.4 Å². The van der Waals surface area contributed by atoms with Gasteiger partial charge < -0.3 is 24.8 Å². The molecule has 1 atom stereocenters. The van der Waals surface area contributed by atoms with E-state index in [1.165, 1.54) is 11.1 Å². The third-order valence-corrected chi connectivity index (χ3v) is 4.43. The summed E-state index contributed by atoms with van der Waals surface area (Å²) in [7, 11) is 3.50. The molecule has 1 fully saturated rings. The zero-order chi connectivity index (χ0) is 18.6. The SMILES string of the molecule is CN=C(NCCCOCC1CCCO1)NCCc1cc(C)ccc1OC. The highest BCUT2D eigenvalue weighted by atomic mass is 16.5. The minimum atomic E-state index is 0.302. The van der Waals surface area contributed by atoms with Crippen LogP contribution in [0.3, 0.4) is 0 Å². The number of nitrogens with zero attached hydrogens (tertiary/aromatic N) is 1. The summed E-state index contributed by atoms with van der Waals surface area (Å²) in [6, 6.07) is 6.26. The average Bonchev–Trinajstić information content (AvgIpc) is 3.16. The van der Waals surface area contributed by atoms with Crippen molar-refractivity contribution in [1.29, 1.82) is 0 Å².